The van der Waals surface area contributed by atoms with Gasteiger partial charge in [0.05, 0.1) is 11.8 Å². The maximum atomic E-state index is 9.50. The minimum atomic E-state index is -0.475. The third-order valence-corrected chi connectivity index (χ3v) is 2.64. The van der Waals surface area contributed by atoms with Crippen LogP contribution in [0.1, 0.15) is 30.0 Å². The fraction of sp³-hybridized carbons (Fsp3) is 0.308. The molecule has 2 aromatic rings. The van der Waals surface area contributed by atoms with Crippen LogP contribution in [0, 0.1) is 13.8 Å². The van der Waals surface area contributed by atoms with E-state index in [2.05, 4.69) is 4.98 Å². The maximum Gasteiger partial charge on any atom is 0.226 e. The third-order valence-electron chi connectivity index (χ3n) is 2.64. The van der Waals surface area contributed by atoms with Gasteiger partial charge in [-0.1, -0.05) is 12.1 Å². The molecular formula is C13H15NO2. The van der Waals surface area contributed by atoms with E-state index >= 15 is 0 Å². The first kappa shape index (κ1) is 10.9. The Morgan fingerprint density at radius 2 is 2.06 bits per heavy atom. The van der Waals surface area contributed by atoms with Gasteiger partial charge in [0.25, 0.3) is 0 Å². The lowest BCUT2D eigenvalue weighted by Gasteiger charge is -2.05. The molecule has 0 bridgehead atoms. The average molecular weight is 217 g/mol. The summed E-state index contributed by atoms with van der Waals surface area (Å²) in [6.07, 6.45) is -0.475. The Bertz CT molecular complexity index is 481. The molecule has 3 nitrogen and oxygen atoms in total. The quantitative estimate of drug-likeness (QED) is 0.841. The van der Waals surface area contributed by atoms with Crippen LogP contribution in [0.5, 0.6) is 0 Å². The SMILES string of the molecule is Cc1nc(-c2cccc(C(C)O)c2)oc1C. The van der Waals surface area contributed by atoms with Crippen LogP contribution in [0.4, 0.5) is 0 Å². The number of rotatable bonds is 2. The summed E-state index contributed by atoms with van der Waals surface area (Å²) in [5.41, 5.74) is 2.66. The molecule has 1 atom stereocenters. The van der Waals surface area contributed by atoms with E-state index in [1.807, 2.05) is 38.1 Å². The van der Waals surface area contributed by atoms with E-state index in [4.69, 9.17) is 4.42 Å². The lowest BCUT2D eigenvalue weighted by molar-refractivity contribution is 0.199. The van der Waals surface area contributed by atoms with E-state index in [0.29, 0.717) is 5.89 Å². The van der Waals surface area contributed by atoms with Crippen LogP contribution in [-0.2, 0) is 0 Å². The summed E-state index contributed by atoms with van der Waals surface area (Å²) < 4.78 is 5.54. The van der Waals surface area contributed by atoms with Crippen LogP contribution in [-0.4, -0.2) is 10.1 Å². The first-order chi connectivity index (χ1) is 7.58. The summed E-state index contributed by atoms with van der Waals surface area (Å²) in [5.74, 6) is 1.44. The zero-order chi connectivity index (χ0) is 11.7. The highest BCUT2D eigenvalue weighted by atomic mass is 16.4. The Labute approximate surface area is 94.8 Å². The number of hydrogen-bond donors (Lipinski definition) is 1. The Morgan fingerprint density at radius 1 is 1.31 bits per heavy atom. The highest BCUT2D eigenvalue weighted by Crippen LogP contribution is 2.24. The molecule has 0 saturated heterocycles. The summed E-state index contributed by atoms with van der Waals surface area (Å²) in [7, 11) is 0. The molecule has 16 heavy (non-hydrogen) atoms. The van der Waals surface area contributed by atoms with Gasteiger partial charge >= 0.3 is 0 Å². The van der Waals surface area contributed by atoms with Gasteiger partial charge in [-0.05, 0) is 38.5 Å². The number of hydrogen-bond acceptors (Lipinski definition) is 3. The second kappa shape index (κ2) is 4.10. The zero-order valence-electron chi connectivity index (χ0n) is 9.69. The molecule has 84 valence electrons. The van der Waals surface area contributed by atoms with Crippen molar-refractivity contribution in [3.8, 4) is 11.5 Å². The predicted molar refractivity (Wildman–Crippen MR) is 62.0 cm³/mol. The molecule has 1 unspecified atom stereocenters. The van der Waals surface area contributed by atoms with Gasteiger partial charge in [-0.15, -0.1) is 0 Å². The first-order valence-corrected chi connectivity index (χ1v) is 5.30. The predicted octanol–water partition coefficient (Wildman–Crippen LogP) is 3.01. The van der Waals surface area contributed by atoms with Gasteiger partial charge in [0, 0.05) is 5.56 Å². The molecule has 3 heteroatoms. The molecule has 1 N–H and O–H groups in total. The van der Waals surface area contributed by atoms with Crippen LogP contribution in [0.25, 0.3) is 11.5 Å². The monoisotopic (exact) mass is 217 g/mol. The van der Waals surface area contributed by atoms with Gasteiger partial charge in [-0.2, -0.15) is 0 Å². The largest absolute Gasteiger partial charge is 0.441 e. The lowest BCUT2D eigenvalue weighted by Crippen LogP contribution is -1.90. The molecule has 0 aliphatic rings. The van der Waals surface area contributed by atoms with E-state index in [0.717, 1.165) is 22.6 Å². The van der Waals surface area contributed by atoms with Gasteiger partial charge in [0.1, 0.15) is 5.76 Å². The number of aliphatic hydroxyl groups excluding tert-OH is 1. The van der Waals surface area contributed by atoms with Crippen molar-refractivity contribution >= 4 is 0 Å². The normalized spacial score (nSPS) is 12.8. The van der Waals surface area contributed by atoms with Gasteiger partial charge in [0.2, 0.25) is 5.89 Å². The number of aliphatic hydroxyl groups is 1. The molecule has 0 amide bonds. The average Bonchev–Trinajstić information content (AvgIpc) is 2.59. The summed E-state index contributed by atoms with van der Waals surface area (Å²) in [5, 5.41) is 9.50. The van der Waals surface area contributed by atoms with Crippen molar-refractivity contribution in [1.82, 2.24) is 4.98 Å². The first-order valence-electron chi connectivity index (χ1n) is 5.30. The van der Waals surface area contributed by atoms with Gasteiger partial charge < -0.3 is 9.52 Å². The maximum absolute atomic E-state index is 9.50. The highest BCUT2D eigenvalue weighted by molar-refractivity contribution is 5.55. The number of benzene rings is 1. The zero-order valence-corrected chi connectivity index (χ0v) is 9.69. The van der Waals surface area contributed by atoms with Crippen molar-refractivity contribution in [2.75, 3.05) is 0 Å². The summed E-state index contributed by atoms with van der Waals surface area (Å²) >= 11 is 0. The van der Waals surface area contributed by atoms with Crippen LogP contribution in [0.3, 0.4) is 0 Å². The molecule has 0 saturated carbocycles. The van der Waals surface area contributed by atoms with Gasteiger partial charge in [-0.3, -0.25) is 0 Å². The molecule has 1 aromatic carbocycles. The van der Waals surface area contributed by atoms with Crippen LogP contribution in [0.2, 0.25) is 0 Å². The fourth-order valence-corrected chi connectivity index (χ4v) is 1.53. The van der Waals surface area contributed by atoms with Crippen molar-refractivity contribution in [3.05, 3.63) is 41.3 Å². The Hall–Kier alpha value is -1.61. The fourth-order valence-electron chi connectivity index (χ4n) is 1.53. The molecule has 0 aliphatic heterocycles. The number of aromatic nitrogens is 1. The molecule has 0 fully saturated rings. The minimum Gasteiger partial charge on any atom is -0.441 e. The molecule has 1 aromatic heterocycles. The summed E-state index contributed by atoms with van der Waals surface area (Å²) in [6, 6.07) is 7.61. The molecule has 2 rings (SSSR count). The van der Waals surface area contributed by atoms with E-state index in [1.54, 1.807) is 6.92 Å². The van der Waals surface area contributed by atoms with Crippen LogP contribution in [0.15, 0.2) is 28.7 Å². The van der Waals surface area contributed by atoms with Crippen molar-refractivity contribution in [2.24, 2.45) is 0 Å². The third kappa shape index (κ3) is 1.99. The van der Waals surface area contributed by atoms with Crippen molar-refractivity contribution in [3.63, 3.8) is 0 Å². The smallest absolute Gasteiger partial charge is 0.226 e. The number of oxazole rings is 1. The highest BCUT2D eigenvalue weighted by Gasteiger charge is 2.09. The second-order valence-electron chi connectivity index (χ2n) is 3.96. The minimum absolute atomic E-state index is 0.475. The number of aryl methyl sites for hydroxylation is 2. The molecule has 0 radical (unpaired) electrons. The molecule has 1 heterocycles. The van der Waals surface area contributed by atoms with Crippen molar-refractivity contribution in [2.45, 2.75) is 26.9 Å². The molecule has 0 aliphatic carbocycles. The Balaban J connectivity index is 2.44. The second-order valence-corrected chi connectivity index (χ2v) is 3.96. The van der Waals surface area contributed by atoms with Crippen LogP contribution >= 0.6 is 0 Å². The van der Waals surface area contributed by atoms with Crippen LogP contribution < -0.4 is 0 Å². The standard InChI is InChI=1S/C13H15NO2/c1-8-10(3)16-13(14-8)12-6-4-5-11(7-12)9(2)15/h4-7,9,15H,1-3H3. The van der Waals surface area contributed by atoms with E-state index in [-0.39, 0.29) is 0 Å². The molecular weight excluding hydrogens is 202 g/mol. The van der Waals surface area contributed by atoms with Crippen molar-refractivity contribution < 1.29 is 9.52 Å². The topological polar surface area (TPSA) is 46.3 Å². The molecule has 0 spiro atoms. The number of nitrogens with zero attached hydrogens (tertiary/aromatic N) is 1. The Morgan fingerprint density at radius 3 is 2.62 bits per heavy atom. The summed E-state index contributed by atoms with van der Waals surface area (Å²) in [6.45, 7) is 5.55. The van der Waals surface area contributed by atoms with Crippen molar-refractivity contribution in [1.29, 1.82) is 0 Å². The van der Waals surface area contributed by atoms with E-state index in [9.17, 15) is 5.11 Å². The Kier molecular flexibility index (Phi) is 2.79. The summed E-state index contributed by atoms with van der Waals surface area (Å²) in [4.78, 5) is 4.33. The van der Waals surface area contributed by atoms with Gasteiger partial charge in [-0.25, -0.2) is 4.98 Å². The van der Waals surface area contributed by atoms with E-state index < -0.39 is 6.10 Å². The van der Waals surface area contributed by atoms with Gasteiger partial charge in [0.15, 0.2) is 0 Å². The van der Waals surface area contributed by atoms with E-state index in [1.165, 1.54) is 0 Å². The lowest BCUT2D eigenvalue weighted by atomic mass is 10.1.